The molecule has 0 heterocycles. The first-order valence-corrected chi connectivity index (χ1v) is 8.19. The van der Waals surface area contributed by atoms with Crippen LogP contribution in [0.25, 0.3) is 0 Å². The average molecular weight is 285 g/mol. The van der Waals surface area contributed by atoms with E-state index in [2.05, 4.69) is 5.32 Å². The summed E-state index contributed by atoms with van der Waals surface area (Å²) in [4.78, 5) is 0. The van der Waals surface area contributed by atoms with Crippen molar-refractivity contribution in [1.82, 2.24) is 5.32 Å². The summed E-state index contributed by atoms with van der Waals surface area (Å²) in [5, 5.41) is 12.1. The predicted molar refractivity (Wildman–Crippen MR) is 78.2 cm³/mol. The molecule has 0 spiro atoms. The van der Waals surface area contributed by atoms with Crippen molar-refractivity contribution in [2.75, 3.05) is 13.3 Å². The van der Waals surface area contributed by atoms with Crippen molar-refractivity contribution in [3.8, 4) is 5.75 Å². The standard InChI is InChI=1S/C14H23NO3S/c1-14(2,3)11-8-10(6-7-12(11)16)9-13(15-4)19(5,17)18/h6-8,13,15-16H,9H2,1-5H3. The molecule has 5 heteroatoms. The smallest absolute Gasteiger partial charge is 0.163 e. The van der Waals surface area contributed by atoms with Gasteiger partial charge in [0.15, 0.2) is 9.84 Å². The summed E-state index contributed by atoms with van der Waals surface area (Å²) in [6, 6.07) is 5.27. The zero-order valence-electron chi connectivity index (χ0n) is 12.2. The average Bonchev–Trinajstić information content (AvgIpc) is 2.24. The van der Waals surface area contributed by atoms with Gasteiger partial charge in [-0.15, -0.1) is 0 Å². The summed E-state index contributed by atoms with van der Waals surface area (Å²) >= 11 is 0. The molecule has 0 bridgehead atoms. The molecular weight excluding hydrogens is 262 g/mol. The molecule has 1 aromatic carbocycles. The van der Waals surface area contributed by atoms with E-state index in [-0.39, 0.29) is 11.2 Å². The number of hydrogen-bond donors (Lipinski definition) is 2. The quantitative estimate of drug-likeness (QED) is 0.885. The first-order chi connectivity index (χ1) is 8.55. The summed E-state index contributed by atoms with van der Waals surface area (Å²) < 4.78 is 23.2. The van der Waals surface area contributed by atoms with Crippen LogP contribution < -0.4 is 5.32 Å². The van der Waals surface area contributed by atoms with E-state index in [0.717, 1.165) is 11.1 Å². The van der Waals surface area contributed by atoms with Gasteiger partial charge in [-0.2, -0.15) is 0 Å². The lowest BCUT2D eigenvalue weighted by Crippen LogP contribution is -2.35. The summed E-state index contributed by atoms with van der Waals surface area (Å²) in [7, 11) is -1.51. The minimum atomic E-state index is -3.15. The van der Waals surface area contributed by atoms with Crippen molar-refractivity contribution in [1.29, 1.82) is 0 Å². The number of hydrogen-bond acceptors (Lipinski definition) is 4. The maximum absolute atomic E-state index is 11.6. The number of phenolic OH excluding ortho intramolecular Hbond substituents is 1. The second kappa shape index (κ2) is 5.51. The van der Waals surface area contributed by atoms with Gasteiger partial charge in [0, 0.05) is 12.7 Å². The molecule has 0 radical (unpaired) electrons. The highest BCUT2D eigenvalue weighted by Crippen LogP contribution is 2.31. The molecule has 19 heavy (non-hydrogen) atoms. The summed E-state index contributed by atoms with van der Waals surface area (Å²) in [6.07, 6.45) is 1.61. The van der Waals surface area contributed by atoms with E-state index in [0.29, 0.717) is 6.42 Å². The Labute approximate surface area is 115 Å². The van der Waals surface area contributed by atoms with Crippen LogP contribution >= 0.6 is 0 Å². The van der Waals surface area contributed by atoms with Crippen molar-refractivity contribution in [2.24, 2.45) is 0 Å². The van der Waals surface area contributed by atoms with Crippen LogP contribution in [0, 0.1) is 0 Å². The third kappa shape index (κ3) is 4.21. The molecule has 0 fully saturated rings. The van der Waals surface area contributed by atoms with Crippen LogP contribution in [0.5, 0.6) is 5.75 Å². The number of nitrogens with one attached hydrogen (secondary N) is 1. The van der Waals surface area contributed by atoms with Crippen LogP contribution in [0.3, 0.4) is 0 Å². The van der Waals surface area contributed by atoms with E-state index in [9.17, 15) is 13.5 Å². The van der Waals surface area contributed by atoms with Crippen molar-refractivity contribution < 1.29 is 13.5 Å². The Morgan fingerprint density at radius 1 is 1.32 bits per heavy atom. The topological polar surface area (TPSA) is 66.4 Å². The molecule has 1 aromatic rings. The second-order valence-corrected chi connectivity index (χ2v) is 8.14. The van der Waals surface area contributed by atoms with Gasteiger partial charge in [0.05, 0.1) is 0 Å². The van der Waals surface area contributed by atoms with E-state index in [1.807, 2.05) is 26.8 Å². The molecule has 1 atom stereocenters. The zero-order valence-corrected chi connectivity index (χ0v) is 13.0. The zero-order chi connectivity index (χ0) is 14.8. The molecule has 0 aliphatic rings. The Balaban J connectivity index is 3.10. The Hall–Kier alpha value is -1.07. The van der Waals surface area contributed by atoms with Crippen molar-refractivity contribution in [3.63, 3.8) is 0 Å². The van der Waals surface area contributed by atoms with E-state index < -0.39 is 15.2 Å². The molecular formula is C14H23NO3S. The Kier molecular flexibility index (Phi) is 4.63. The highest BCUT2D eigenvalue weighted by Gasteiger charge is 2.22. The third-order valence-corrected chi connectivity index (χ3v) is 4.56. The fourth-order valence-electron chi connectivity index (χ4n) is 1.99. The Morgan fingerprint density at radius 3 is 2.32 bits per heavy atom. The molecule has 108 valence electrons. The van der Waals surface area contributed by atoms with Crippen LogP contribution in [0.4, 0.5) is 0 Å². The van der Waals surface area contributed by atoms with E-state index in [1.165, 1.54) is 6.26 Å². The lowest BCUT2D eigenvalue weighted by Gasteiger charge is -2.22. The van der Waals surface area contributed by atoms with Crippen LogP contribution in [0.1, 0.15) is 31.9 Å². The van der Waals surface area contributed by atoms with Gasteiger partial charge in [0.1, 0.15) is 11.1 Å². The highest BCUT2D eigenvalue weighted by molar-refractivity contribution is 7.91. The van der Waals surface area contributed by atoms with Crippen LogP contribution in [0.2, 0.25) is 0 Å². The molecule has 1 unspecified atom stereocenters. The molecule has 4 nitrogen and oxygen atoms in total. The van der Waals surface area contributed by atoms with Gasteiger partial charge in [0.25, 0.3) is 0 Å². The molecule has 0 aliphatic carbocycles. The third-order valence-electron chi connectivity index (χ3n) is 3.13. The Bertz CT molecular complexity index is 544. The largest absolute Gasteiger partial charge is 0.508 e. The monoisotopic (exact) mass is 285 g/mol. The van der Waals surface area contributed by atoms with E-state index in [1.54, 1.807) is 19.2 Å². The van der Waals surface area contributed by atoms with Gasteiger partial charge >= 0.3 is 0 Å². The first kappa shape index (κ1) is 16.0. The number of likely N-dealkylation sites (N-methyl/N-ethyl adjacent to an activating group) is 1. The predicted octanol–water partition coefficient (Wildman–Crippen LogP) is 1.82. The lowest BCUT2D eigenvalue weighted by molar-refractivity contribution is 0.446. The summed E-state index contributed by atoms with van der Waals surface area (Å²) in [5.74, 6) is 0.247. The lowest BCUT2D eigenvalue weighted by atomic mass is 9.85. The molecule has 2 N–H and O–H groups in total. The van der Waals surface area contributed by atoms with E-state index >= 15 is 0 Å². The molecule has 0 saturated heterocycles. The number of aromatic hydroxyl groups is 1. The van der Waals surface area contributed by atoms with Gasteiger partial charge < -0.3 is 10.4 Å². The SMILES string of the molecule is CNC(Cc1ccc(O)c(C(C)(C)C)c1)S(C)(=O)=O. The van der Waals surface area contributed by atoms with Crippen LogP contribution in [-0.2, 0) is 21.7 Å². The number of benzene rings is 1. The van der Waals surface area contributed by atoms with Crippen molar-refractivity contribution >= 4 is 9.84 Å². The maximum Gasteiger partial charge on any atom is 0.163 e. The van der Waals surface area contributed by atoms with Crippen molar-refractivity contribution in [2.45, 2.75) is 38.0 Å². The van der Waals surface area contributed by atoms with Gasteiger partial charge in [-0.05, 0) is 29.7 Å². The highest BCUT2D eigenvalue weighted by atomic mass is 32.2. The first-order valence-electron chi connectivity index (χ1n) is 6.24. The minimum absolute atomic E-state index is 0.180. The number of sulfone groups is 1. The molecule has 1 rings (SSSR count). The summed E-state index contributed by atoms with van der Waals surface area (Å²) in [5.41, 5.74) is 1.54. The maximum atomic E-state index is 11.6. The fourth-order valence-corrected chi connectivity index (χ4v) is 2.92. The molecule has 0 saturated carbocycles. The minimum Gasteiger partial charge on any atom is -0.508 e. The van der Waals surface area contributed by atoms with Gasteiger partial charge in [-0.3, -0.25) is 0 Å². The van der Waals surface area contributed by atoms with Gasteiger partial charge in [-0.25, -0.2) is 8.42 Å². The summed E-state index contributed by atoms with van der Waals surface area (Å²) in [6.45, 7) is 6.04. The van der Waals surface area contributed by atoms with Gasteiger partial charge in [0.2, 0.25) is 0 Å². The molecule has 0 aliphatic heterocycles. The Morgan fingerprint density at radius 2 is 1.89 bits per heavy atom. The number of rotatable bonds is 4. The van der Waals surface area contributed by atoms with Crippen LogP contribution in [0.15, 0.2) is 18.2 Å². The van der Waals surface area contributed by atoms with Crippen molar-refractivity contribution in [3.05, 3.63) is 29.3 Å². The molecule has 0 amide bonds. The number of phenols is 1. The molecule has 0 aromatic heterocycles. The second-order valence-electron chi connectivity index (χ2n) is 5.91. The fraction of sp³-hybridized carbons (Fsp3) is 0.571. The van der Waals surface area contributed by atoms with E-state index in [4.69, 9.17) is 0 Å². The normalized spacial score (nSPS) is 14.4. The van der Waals surface area contributed by atoms with Gasteiger partial charge in [-0.1, -0.05) is 32.9 Å². The van der Waals surface area contributed by atoms with Crippen LogP contribution in [-0.4, -0.2) is 32.2 Å².